The number of benzene rings is 2. The Labute approximate surface area is 161 Å². The lowest BCUT2D eigenvalue weighted by molar-refractivity contribution is 0.0733. The third-order valence-electron chi connectivity index (χ3n) is 2.79. The van der Waals surface area contributed by atoms with E-state index in [4.69, 9.17) is 32.7 Å². The summed E-state index contributed by atoms with van der Waals surface area (Å²) in [4.78, 5) is 12.3. The second-order valence-electron chi connectivity index (χ2n) is 4.58. The smallest absolute Gasteiger partial charge is 0.343 e. The molecule has 0 aliphatic carbocycles. The van der Waals surface area contributed by atoms with Gasteiger partial charge in [-0.05, 0) is 68.6 Å². The van der Waals surface area contributed by atoms with Crippen molar-refractivity contribution >= 4 is 61.0 Å². The molecular formula is C16H12Br2Cl2O3. The van der Waals surface area contributed by atoms with E-state index in [9.17, 15) is 4.79 Å². The number of ether oxygens (including phenoxy) is 2. The molecular weight excluding hydrogens is 471 g/mol. The fourth-order valence-electron chi connectivity index (χ4n) is 1.73. The molecule has 0 amide bonds. The molecule has 0 bridgehead atoms. The van der Waals surface area contributed by atoms with Crippen LogP contribution in [0.15, 0.2) is 39.3 Å². The summed E-state index contributed by atoms with van der Waals surface area (Å²) in [6.45, 7) is 2.63. The Kier molecular flexibility index (Phi) is 6.77. The Balaban J connectivity index is 2.20. The van der Waals surface area contributed by atoms with Gasteiger partial charge in [0.1, 0.15) is 5.75 Å². The topological polar surface area (TPSA) is 35.5 Å². The Morgan fingerprint density at radius 2 is 1.87 bits per heavy atom. The molecule has 2 aromatic rings. The van der Waals surface area contributed by atoms with Crippen molar-refractivity contribution in [1.29, 1.82) is 0 Å². The van der Waals surface area contributed by atoms with E-state index in [1.54, 1.807) is 24.3 Å². The predicted molar refractivity (Wildman–Crippen MR) is 99.0 cm³/mol. The van der Waals surface area contributed by atoms with Crippen molar-refractivity contribution in [2.45, 2.75) is 13.3 Å². The van der Waals surface area contributed by atoms with Gasteiger partial charge in [0.25, 0.3) is 0 Å². The SMILES string of the molecule is CCCOc1ccc(C(=O)Oc2c(Cl)cc(Cl)cc2Br)cc1Br. The lowest BCUT2D eigenvalue weighted by atomic mass is 10.2. The van der Waals surface area contributed by atoms with Crippen LogP contribution in [0.4, 0.5) is 0 Å². The minimum absolute atomic E-state index is 0.225. The minimum Gasteiger partial charge on any atom is -0.492 e. The highest BCUT2D eigenvalue weighted by molar-refractivity contribution is 9.11. The van der Waals surface area contributed by atoms with Crippen LogP contribution in [0.2, 0.25) is 10.0 Å². The van der Waals surface area contributed by atoms with Crippen molar-refractivity contribution in [3.63, 3.8) is 0 Å². The van der Waals surface area contributed by atoms with Crippen LogP contribution in [0.1, 0.15) is 23.7 Å². The molecule has 0 unspecified atom stereocenters. The molecule has 3 nitrogen and oxygen atoms in total. The first kappa shape index (κ1) is 18.6. The van der Waals surface area contributed by atoms with Crippen LogP contribution in [0.5, 0.6) is 11.5 Å². The molecule has 23 heavy (non-hydrogen) atoms. The third kappa shape index (κ3) is 4.86. The molecule has 0 fully saturated rings. The van der Waals surface area contributed by atoms with E-state index in [0.717, 1.165) is 6.42 Å². The molecule has 0 aliphatic heterocycles. The van der Waals surface area contributed by atoms with E-state index in [2.05, 4.69) is 31.9 Å². The first-order valence-electron chi connectivity index (χ1n) is 6.71. The Hall–Kier alpha value is -0.750. The summed E-state index contributed by atoms with van der Waals surface area (Å²) in [5.74, 6) is 0.371. The van der Waals surface area contributed by atoms with E-state index in [-0.39, 0.29) is 10.8 Å². The summed E-state index contributed by atoms with van der Waals surface area (Å²) < 4.78 is 12.1. The highest BCUT2D eigenvalue weighted by atomic mass is 79.9. The van der Waals surface area contributed by atoms with E-state index in [1.807, 2.05) is 6.92 Å². The molecule has 2 rings (SSSR count). The zero-order chi connectivity index (χ0) is 17.0. The zero-order valence-electron chi connectivity index (χ0n) is 12.0. The first-order valence-corrected chi connectivity index (χ1v) is 9.05. The van der Waals surface area contributed by atoms with Crippen LogP contribution in [-0.2, 0) is 0 Å². The number of halogens is 4. The number of esters is 1. The number of carbonyl (C=O) groups excluding carboxylic acids is 1. The first-order chi connectivity index (χ1) is 10.9. The third-order valence-corrected chi connectivity index (χ3v) is 4.49. The van der Waals surface area contributed by atoms with E-state index in [0.29, 0.717) is 31.9 Å². The molecule has 2 aromatic carbocycles. The lowest BCUT2D eigenvalue weighted by Crippen LogP contribution is -2.09. The highest BCUT2D eigenvalue weighted by Gasteiger charge is 2.16. The second kappa shape index (κ2) is 8.38. The van der Waals surface area contributed by atoms with Crippen LogP contribution in [0, 0.1) is 0 Å². The van der Waals surface area contributed by atoms with Crippen LogP contribution >= 0.6 is 55.1 Å². The monoisotopic (exact) mass is 480 g/mol. The number of rotatable bonds is 5. The fraction of sp³-hybridized carbons (Fsp3) is 0.188. The number of carbonyl (C=O) groups is 1. The average molecular weight is 483 g/mol. The molecule has 0 spiro atoms. The maximum atomic E-state index is 12.3. The molecule has 0 radical (unpaired) electrons. The standard InChI is InChI=1S/C16H12Br2Cl2O3/c1-2-5-22-14-4-3-9(6-11(14)17)16(21)23-15-12(18)7-10(19)8-13(15)20/h3-4,6-8H,2,5H2,1H3. The fourth-order valence-corrected chi connectivity index (χ4v) is 3.55. The Bertz CT molecular complexity index is 712. The quantitative estimate of drug-likeness (QED) is 0.359. The van der Waals surface area contributed by atoms with E-state index < -0.39 is 5.97 Å². The highest BCUT2D eigenvalue weighted by Crippen LogP contribution is 2.36. The molecule has 0 aliphatic rings. The summed E-state index contributed by atoms with van der Waals surface area (Å²) in [5, 5.41) is 0.696. The zero-order valence-corrected chi connectivity index (χ0v) is 16.7. The van der Waals surface area contributed by atoms with Crippen LogP contribution in [0.25, 0.3) is 0 Å². The molecule has 0 N–H and O–H groups in total. The Morgan fingerprint density at radius 1 is 1.13 bits per heavy atom. The van der Waals surface area contributed by atoms with Gasteiger partial charge in [0.05, 0.1) is 26.1 Å². The van der Waals surface area contributed by atoms with Gasteiger partial charge in [-0.25, -0.2) is 4.79 Å². The number of hydrogen-bond acceptors (Lipinski definition) is 3. The van der Waals surface area contributed by atoms with E-state index in [1.165, 1.54) is 6.07 Å². The summed E-state index contributed by atoms with van der Waals surface area (Å²) in [5.41, 5.74) is 0.374. The van der Waals surface area contributed by atoms with Crippen molar-refractivity contribution < 1.29 is 14.3 Å². The summed E-state index contributed by atoms with van der Waals surface area (Å²) in [6.07, 6.45) is 0.902. The maximum Gasteiger partial charge on any atom is 0.343 e. The summed E-state index contributed by atoms with van der Waals surface area (Å²) >= 11 is 18.6. The molecule has 0 saturated heterocycles. The van der Waals surface area contributed by atoms with Crippen molar-refractivity contribution in [1.82, 2.24) is 0 Å². The summed E-state index contributed by atoms with van der Waals surface area (Å²) in [6, 6.07) is 8.11. The van der Waals surface area contributed by atoms with Gasteiger partial charge in [0.2, 0.25) is 0 Å². The largest absolute Gasteiger partial charge is 0.492 e. The van der Waals surface area contributed by atoms with Gasteiger partial charge in [0, 0.05) is 5.02 Å². The molecule has 122 valence electrons. The van der Waals surface area contributed by atoms with Crippen LogP contribution in [0.3, 0.4) is 0 Å². The van der Waals surface area contributed by atoms with Crippen molar-refractivity contribution in [3.05, 3.63) is 54.9 Å². The normalized spacial score (nSPS) is 10.5. The number of hydrogen-bond donors (Lipinski definition) is 0. The van der Waals surface area contributed by atoms with Crippen molar-refractivity contribution in [2.24, 2.45) is 0 Å². The van der Waals surface area contributed by atoms with Gasteiger partial charge in [-0.3, -0.25) is 0 Å². The van der Waals surface area contributed by atoms with Crippen molar-refractivity contribution in [2.75, 3.05) is 6.61 Å². The van der Waals surface area contributed by atoms with Gasteiger partial charge in [-0.1, -0.05) is 30.1 Å². The minimum atomic E-state index is -0.530. The molecule has 0 atom stereocenters. The predicted octanol–water partition coefficient (Wildman–Crippen LogP) is 6.53. The van der Waals surface area contributed by atoms with E-state index >= 15 is 0 Å². The second-order valence-corrected chi connectivity index (χ2v) is 7.13. The van der Waals surface area contributed by atoms with Gasteiger partial charge in [0.15, 0.2) is 5.75 Å². The lowest BCUT2D eigenvalue weighted by Gasteiger charge is -2.11. The molecule has 0 heterocycles. The van der Waals surface area contributed by atoms with Gasteiger partial charge >= 0.3 is 5.97 Å². The molecule has 0 aromatic heterocycles. The van der Waals surface area contributed by atoms with Gasteiger partial charge < -0.3 is 9.47 Å². The maximum absolute atomic E-state index is 12.3. The van der Waals surface area contributed by atoms with Gasteiger partial charge in [-0.15, -0.1) is 0 Å². The van der Waals surface area contributed by atoms with Crippen molar-refractivity contribution in [3.8, 4) is 11.5 Å². The Morgan fingerprint density at radius 3 is 2.48 bits per heavy atom. The van der Waals surface area contributed by atoms with Gasteiger partial charge in [-0.2, -0.15) is 0 Å². The molecule has 0 saturated carbocycles. The van der Waals surface area contributed by atoms with Crippen LogP contribution < -0.4 is 9.47 Å². The average Bonchev–Trinajstić information content (AvgIpc) is 2.49. The molecule has 7 heteroatoms. The summed E-state index contributed by atoms with van der Waals surface area (Å²) in [7, 11) is 0. The van der Waals surface area contributed by atoms with Crippen LogP contribution in [-0.4, -0.2) is 12.6 Å².